The molecule has 0 aromatic carbocycles. The summed E-state index contributed by atoms with van der Waals surface area (Å²) in [5.41, 5.74) is 0. The van der Waals surface area contributed by atoms with Crippen LogP contribution in [0.3, 0.4) is 0 Å². The molecule has 1 rings (SSSR count). The zero-order valence-corrected chi connectivity index (χ0v) is 12.4. The van der Waals surface area contributed by atoms with Gasteiger partial charge in [0.25, 0.3) is 0 Å². The van der Waals surface area contributed by atoms with Gasteiger partial charge >= 0.3 is 0 Å². The quantitative estimate of drug-likeness (QED) is 0.723. The lowest BCUT2D eigenvalue weighted by atomic mass is 9.78. The molecule has 1 heterocycles. The predicted molar refractivity (Wildman–Crippen MR) is 71.9 cm³/mol. The molecule has 1 aliphatic heterocycles. The van der Waals surface area contributed by atoms with E-state index in [1.165, 1.54) is 0 Å². The average molecular weight is 242 g/mol. The topological polar surface area (TPSA) is 18.5 Å². The Hall–Kier alpha value is -0.0800. The number of hydrogen-bond acceptors (Lipinski definition) is 2. The third kappa shape index (κ3) is 3.96. The van der Waals surface area contributed by atoms with E-state index in [1.807, 2.05) is 0 Å². The molecule has 1 saturated heterocycles. The lowest BCUT2D eigenvalue weighted by molar-refractivity contribution is -0.248. The second kappa shape index (κ2) is 6.75. The van der Waals surface area contributed by atoms with Crippen molar-refractivity contribution in [2.75, 3.05) is 6.61 Å². The molecule has 2 nitrogen and oxygen atoms in total. The van der Waals surface area contributed by atoms with Gasteiger partial charge in [-0.25, -0.2) is 0 Å². The van der Waals surface area contributed by atoms with E-state index in [0.717, 1.165) is 19.4 Å². The summed E-state index contributed by atoms with van der Waals surface area (Å²) < 4.78 is 12.0. The third-order valence-electron chi connectivity index (χ3n) is 4.36. The maximum Gasteiger partial charge on any atom is 0.160 e. The van der Waals surface area contributed by atoms with Gasteiger partial charge in [-0.15, -0.1) is 0 Å². The van der Waals surface area contributed by atoms with Crippen LogP contribution in [0, 0.1) is 23.7 Å². The Morgan fingerprint density at radius 2 is 1.71 bits per heavy atom. The van der Waals surface area contributed by atoms with E-state index in [1.54, 1.807) is 0 Å². The summed E-state index contributed by atoms with van der Waals surface area (Å²) >= 11 is 0. The molecular weight excluding hydrogens is 212 g/mol. The van der Waals surface area contributed by atoms with Gasteiger partial charge in [-0.3, -0.25) is 0 Å². The van der Waals surface area contributed by atoms with Crippen LogP contribution in [0.5, 0.6) is 0 Å². The molecule has 0 aromatic heterocycles. The minimum absolute atomic E-state index is 0.00454. The van der Waals surface area contributed by atoms with Gasteiger partial charge in [-0.2, -0.15) is 0 Å². The molecule has 2 heteroatoms. The van der Waals surface area contributed by atoms with E-state index in [4.69, 9.17) is 9.47 Å². The van der Waals surface area contributed by atoms with E-state index in [0.29, 0.717) is 29.8 Å². The summed E-state index contributed by atoms with van der Waals surface area (Å²) in [5, 5.41) is 0. The molecule has 1 aliphatic rings. The standard InChI is InChI=1S/C15H30O2/c1-7-14-12(5)11(4)13(6)15(17-14)16-9-8-10(2)3/h10-15H,7-9H2,1-6H3/t11?,12-,13-,14?,15+/m0/s1. The highest BCUT2D eigenvalue weighted by atomic mass is 16.7. The van der Waals surface area contributed by atoms with Crippen molar-refractivity contribution in [3.05, 3.63) is 0 Å². The summed E-state index contributed by atoms with van der Waals surface area (Å²) in [5.74, 6) is 2.52. The van der Waals surface area contributed by atoms with E-state index in [-0.39, 0.29) is 6.29 Å². The van der Waals surface area contributed by atoms with Crippen molar-refractivity contribution in [2.24, 2.45) is 23.7 Å². The van der Waals surface area contributed by atoms with Crippen LogP contribution >= 0.6 is 0 Å². The van der Waals surface area contributed by atoms with E-state index in [9.17, 15) is 0 Å². The lowest BCUT2D eigenvalue weighted by Crippen LogP contribution is -2.45. The van der Waals surface area contributed by atoms with Crippen molar-refractivity contribution in [2.45, 2.75) is 66.8 Å². The van der Waals surface area contributed by atoms with Crippen molar-refractivity contribution in [1.29, 1.82) is 0 Å². The van der Waals surface area contributed by atoms with E-state index in [2.05, 4.69) is 41.5 Å². The van der Waals surface area contributed by atoms with Gasteiger partial charge in [0.1, 0.15) is 0 Å². The van der Waals surface area contributed by atoms with E-state index < -0.39 is 0 Å². The van der Waals surface area contributed by atoms with Gasteiger partial charge in [-0.1, -0.05) is 41.5 Å². The normalized spacial score (nSPS) is 38.6. The molecule has 102 valence electrons. The fourth-order valence-corrected chi connectivity index (χ4v) is 2.56. The Morgan fingerprint density at radius 1 is 1.06 bits per heavy atom. The molecule has 1 fully saturated rings. The van der Waals surface area contributed by atoms with Crippen LogP contribution < -0.4 is 0 Å². The Bertz CT molecular complexity index is 213. The molecule has 0 bridgehead atoms. The van der Waals surface area contributed by atoms with Gasteiger partial charge < -0.3 is 9.47 Å². The van der Waals surface area contributed by atoms with Gasteiger partial charge in [0.2, 0.25) is 0 Å². The number of rotatable bonds is 5. The number of ether oxygens (including phenoxy) is 2. The van der Waals surface area contributed by atoms with Gasteiger partial charge in [-0.05, 0) is 30.6 Å². The van der Waals surface area contributed by atoms with Crippen molar-refractivity contribution >= 4 is 0 Å². The van der Waals surface area contributed by atoms with Gasteiger partial charge in [0, 0.05) is 12.5 Å². The monoisotopic (exact) mass is 242 g/mol. The molecule has 0 spiro atoms. The van der Waals surface area contributed by atoms with Gasteiger partial charge in [0.05, 0.1) is 6.10 Å². The highest BCUT2D eigenvalue weighted by Gasteiger charge is 2.38. The predicted octanol–water partition coefficient (Wildman–Crippen LogP) is 4.09. The second-order valence-corrected chi connectivity index (χ2v) is 6.08. The smallest absolute Gasteiger partial charge is 0.160 e. The summed E-state index contributed by atoms with van der Waals surface area (Å²) in [6.07, 6.45) is 2.57. The first-order valence-corrected chi connectivity index (χ1v) is 7.24. The highest BCUT2D eigenvalue weighted by molar-refractivity contribution is 4.82. The Labute approximate surface area is 107 Å². The molecular formula is C15H30O2. The van der Waals surface area contributed by atoms with Crippen molar-refractivity contribution < 1.29 is 9.47 Å². The van der Waals surface area contributed by atoms with Gasteiger partial charge in [0.15, 0.2) is 6.29 Å². The minimum Gasteiger partial charge on any atom is -0.352 e. The van der Waals surface area contributed by atoms with Crippen molar-refractivity contribution in [3.8, 4) is 0 Å². The molecule has 0 aliphatic carbocycles. The Balaban J connectivity index is 2.47. The van der Waals surface area contributed by atoms with E-state index >= 15 is 0 Å². The molecule has 0 N–H and O–H groups in total. The first-order valence-electron chi connectivity index (χ1n) is 7.24. The first-order chi connectivity index (χ1) is 7.97. The van der Waals surface area contributed by atoms with Crippen molar-refractivity contribution in [3.63, 3.8) is 0 Å². The fourth-order valence-electron chi connectivity index (χ4n) is 2.56. The van der Waals surface area contributed by atoms with Crippen LogP contribution in [-0.4, -0.2) is 19.0 Å². The minimum atomic E-state index is 0.00454. The first kappa shape index (κ1) is 15.0. The Morgan fingerprint density at radius 3 is 2.24 bits per heavy atom. The maximum absolute atomic E-state index is 6.09. The molecule has 0 aromatic rings. The lowest BCUT2D eigenvalue weighted by Gasteiger charge is -2.43. The van der Waals surface area contributed by atoms with Crippen LogP contribution in [0.15, 0.2) is 0 Å². The molecule has 5 atom stereocenters. The third-order valence-corrected chi connectivity index (χ3v) is 4.36. The zero-order chi connectivity index (χ0) is 13.0. The molecule has 0 amide bonds. The van der Waals surface area contributed by atoms with Crippen LogP contribution in [0.4, 0.5) is 0 Å². The van der Waals surface area contributed by atoms with Crippen LogP contribution in [0.2, 0.25) is 0 Å². The van der Waals surface area contributed by atoms with Crippen molar-refractivity contribution in [1.82, 2.24) is 0 Å². The summed E-state index contributed by atoms with van der Waals surface area (Å²) in [6.45, 7) is 14.4. The van der Waals surface area contributed by atoms with Crippen LogP contribution in [-0.2, 0) is 9.47 Å². The summed E-state index contributed by atoms with van der Waals surface area (Å²) in [4.78, 5) is 0. The second-order valence-electron chi connectivity index (χ2n) is 6.08. The summed E-state index contributed by atoms with van der Waals surface area (Å²) in [6, 6.07) is 0. The summed E-state index contributed by atoms with van der Waals surface area (Å²) in [7, 11) is 0. The van der Waals surface area contributed by atoms with Crippen LogP contribution in [0.1, 0.15) is 54.4 Å². The fraction of sp³-hybridized carbons (Fsp3) is 1.00. The number of hydrogen-bond donors (Lipinski definition) is 0. The molecule has 2 unspecified atom stereocenters. The average Bonchev–Trinajstić information content (AvgIpc) is 2.29. The maximum atomic E-state index is 6.09. The Kier molecular flexibility index (Phi) is 5.94. The molecule has 0 saturated carbocycles. The molecule has 17 heavy (non-hydrogen) atoms. The zero-order valence-electron chi connectivity index (χ0n) is 12.4. The molecule has 0 radical (unpaired) electrons. The van der Waals surface area contributed by atoms with Crippen LogP contribution in [0.25, 0.3) is 0 Å². The largest absolute Gasteiger partial charge is 0.352 e. The SMILES string of the molecule is CCC1O[C@@H](OCCC(C)C)[C@@H](C)C(C)[C@@H]1C. The highest BCUT2D eigenvalue weighted by Crippen LogP contribution is 2.36.